The van der Waals surface area contributed by atoms with Gasteiger partial charge in [0.05, 0.1) is 19.2 Å². The van der Waals surface area contributed by atoms with Gasteiger partial charge in [0.15, 0.2) is 11.5 Å². The van der Waals surface area contributed by atoms with E-state index in [9.17, 15) is 4.79 Å². The van der Waals surface area contributed by atoms with Crippen molar-refractivity contribution in [3.63, 3.8) is 0 Å². The molecule has 0 aliphatic carbocycles. The molecule has 3 aromatic rings. The Bertz CT molecular complexity index is 967. The van der Waals surface area contributed by atoms with Crippen LogP contribution in [0.4, 0.5) is 0 Å². The molecule has 3 rings (SSSR count). The van der Waals surface area contributed by atoms with Crippen molar-refractivity contribution in [2.45, 2.75) is 13.2 Å². The van der Waals surface area contributed by atoms with E-state index in [1.165, 1.54) is 0 Å². The SMILES string of the molecule is COc1cc(C=NCc2ccccc2)ccc1OCc1cccc(C(=O)O)c1. The predicted molar refractivity (Wildman–Crippen MR) is 108 cm³/mol. The van der Waals surface area contributed by atoms with E-state index in [1.54, 1.807) is 31.5 Å². The summed E-state index contributed by atoms with van der Waals surface area (Å²) >= 11 is 0. The topological polar surface area (TPSA) is 68.1 Å². The van der Waals surface area contributed by atoms with E-state index in [-0.39, 0.29) is 12.2 Å². The van der Waals surface area contributed by atoms with Gasteiger partial charge >= 0.3 is 5.97 Å². The second-order valence-electron chi connectivity index (χ2n) is 6.16. The normalized spacial score (nSPS) is 10.8. The van der Waals surface area contributed by atoms with E-state index in [0.717, 1.165) is 16.7 Å². The summed E-state index contributed by atoms with van der Waals surface area (Å²) in [4.78, 5) is 15.5. The third-order valence-corrected chi connectivity index (χ3v) is 4.11. The molecule has 5 heteroatoms. The average Bonchev–Trinajstić information content (AvgIpc) is 2.73. The molecule has 0 aliphatic heterocycles. The number of hydrogen-bond donors (Lipinski definition) is 1. The van der Waals surface area contributed by atoms with Crippen LogP contribution in [0.5, 0.6) is 11.5 Å². The molecule has 0 saturated heterocycles. The van der Waals surface area contributed by atoms with Gasteiger partial charge in [-0.3, -0.25) is 4.99 Å². The van der Waals surface area contributed by atoms with Gasteiger partial charge in [-0.15, -0.1) is 0 Å². The van der Waals surface area contributed by atoms with Crippen molar-refractivity contribution in [2.75, 3.05) is 7.11 Å². The molecule has 0 aliphatic rings. The molecule has 0 aromatic heterocycles. The Morgan fingerprint density at radius 3 is 2.50 bits per heavy atom. The molecule has 28 heavy (non-hydrogen) atoms. The number of aliphatic imine (C=N–C) groups is 1. The number of ether oxygens (including phenoxy) is 2. The summed E-state index contributed by atoms with van der Waals surface area (Å²) in [6, 6.07) is 22.3. The van der Waals surface area contributed by atoms with Crippen molar-refractivity contribution in [1.29, 1.82) is 0 Å². The van der Waals surface area contributed by atoms with Gasteiger partial charge in [-0.05, 0) is 47.0 Å². The largest absolute Gasteiger partial charge is 0.493 e. The molecule has 0 bridgehead atoms. The molecule has 0 radical (unpaired) electrons. The third kappa shape index (κ3) is 5.20. The number of nitrogens with zero attached hydrogens (tertiary/aromatic N) is 1. The van der Waals surface area contributed by atoms with Crippen molar-refractivity contribution in [3.8, 4) is 11.5 Å². The Morgan fingerprint density at radius 1 is 0.964 bits per heavy atom. The van der Waals surface area contributed by atoms with Crippen LogP contribution in [-0.2, 0) is 13.2 Å². The van der Waals surface area contributed by atoms with E-state index in [0.29, 0.717) is 18.0 Å². The maximum absolute atomic E-state index is 11.1. The van der Waals surface area contributed by atoms with Crippen LogP contribution in [0.15, 0.2) is 77.8 Å². The number of hydrogen-bond acceptors (Lipinski definition) is 4. The monoisotopic (exact) mass is 375 g/mol. The van der Waals surface area contributed by atoms with E-state index >= 15 is 0 Å². The Morgan fingerprint density at radius 2 is 1.75 bits per heavy atom. The van der Waals surface area contributed by atoms with Gasteiger partial charge in [0.1, 0.15) is 6.61 Å². The maximum Gasteiger partial charge on any atom is 0.335 e. The van der Waals surface area contributed by atoms with Gasteiger partial charge in [-0.1, -0.05) is 42.5 Å². The summed E-state index contributed by atoms with van der Waals surface area (Å²) in [5, 5.41) is 9.08. The number of aromatic carboxylic acids is 1. The Hall–Kier alpha value is -3.60. The van der Waals surface area contributed by atoms with Crippen molar-refractivity contribution in [1.82, 2.24) is 0 Å². The minimum Gasteiger partial charge on any atom is -0.493 e. The number of carboxylic acids is 1. The lowest BCUT2D eigenvalue weighted by Crippen LogP contribution is -2.01. The van der Waals surface area contributed by atoms with Crippen LogP contribution < -0.4 is 9.47 Å². The fraction of sp³-hybridized carbons (Fsp3) is 0.130. The molecule has 3 aromatic carbocycles. The first kappa shape index (κ1) is 19.2. The standard InChI is InChI=1S/C23H21NO4/c1-27-22-13-18(15-24-14-17-6-3-2-4-7-17)10-11-21(22)28-16-19-8-5-9-20(12-19)23(25)26/h2-13,15H,14,16H2,1H3,(H,25,26). The Kier molecular flexibility index (Phi) is 6.41. The zero-order valence-electron chi connectivity index (χ0n) is 15.5. The molecule has 0 heterocycles. The van der Waals surface area contributed by atoms with E-state index in [4.69, 9.17) is 14.6 Å². The molecule has 0 saturated carbocycles. The van der Waals surface area contributed by atoms with Gasteiger partial charge in [-0.25, -0.2) is 4.79 Å². The van der Waals surface area contributed by atoms with Crippen LogP contribution in [0.2, 0.25) is 0 Å². The van der Waals surface area contributed by atoms with Crippen molar-refractivity contribution in [2.24, 2.45) is 4.99 Å². The average molecular weight is 375 g/mol. The molecule has 0 amide bonds. The highest BCUT2D eigenvalue weighted by atomic mass is 16.5. The summed E-state index contributed by atoms with van der Waals surface area (Å²) in [7, 11) is 1.58. The van der Waals surface area contributed by atoms with Crippen LogP contribution in [-0.4, -0.2) is 24.4 Å². The highest BCUT2D eigenvalue weighted by Gasteiger charge is 2.07. The van der Waals surface area contributed by atoms with Crippen molar-refractivity contribution >= 4 is 12.2 Å². The fourth-order valence-electron chi connectivity index (χ4n) is 2.68. The van der Waals surface area contributed by atoms with Gasteiger partial charge in [-0.2, -0.15) is 0 Å². The zero-order chi connectivity index (χ0) is 19.8. The molecule has 0 spiro atoms. The minimum atomic E-state index is -0.960. The first-order valence-electron chi connectivity index (χ1n) is 8.82. The quantitative estimate of drug-likeness (QED) is 0.585. The molecular weight excluding hydrogens is 354 g/mol. The lowest BCUT2D eigenvalue weighted by Gasteiger charge is -2.11. The first-order chi connectivity index (χ1) is 13.7. The lowest BCUT2D eigenvalue weighted by molar-refractivity contribution is 0.0696. The summed E-state index contributed by atoms with van der Waals surface area (Å²) in [6.07, 6.45) is 1.80. The first-order valence-corrected chi connectivity index (χ1v) is 8.82. The number of carbonyl (C=O) groups is 1. The van der Waals surface area contributed by atoms with Gasteiger partial charge in [0, 0.05) is 6.21 Å². The van der Waals surface area contributed by atoms with Crippen molar-refractivity contribution in [3.05, 3.63) is 95.1 Å². The summed E-state index contributed by atoms with van der Waals surface area (Å²) in [5.74, 6) is 0.222. The van der Waals surface area contributed by atoms with Crippen molar-refractivity contribution < 1.29 is 19.4 Å². The number of methoxy groups -OCH3 is 1. The van der Waals surface area contributed by atoms with Crippen LogP contribution in [0.25, 0.3) is 0 Å². The molecular formula is C23H21NO4. The van der Waals surface area contributed by atoms with Gasteiger partial charge in [0.25, 0.3) is 0 Å². The van der Waals surface area contributed by atoms with Crippen LogP contribution in [0.1, 0.15) is 27.0 Å². The molecule has 0 unspecified atom stereocenters. The second-order valence-corrected chi connectivity index (χ2v) is 6.16. The number of benzene rings is 3. The lowest BCUT2D eigenvalue weighted by atomic mass is 10.1. The summed E-state index contributed by atoms with van der Waals surface area (Å²) < 4.78 is 11.2. The fourth-order valence-corrected chi connectivity index (χ4v) is 2.68. The van der Waals surface area contributed by atoms with Gasteiger partial charge in [0.2, 0.25) is 0 Å². The highest BCUT2D eigenvalue weighted by molar-refractivity contribution is 5.87. The summed E-state index contributed by atoms with van der Waals surface area (Å²) in [6.45, 7) is 0.861. The molecule has 5 nitrogen and oxygen atoms in total. The minimum absolute atomic E-state index is 0.234. The smallest absolute Gasteiger partial charge is 0.335 e. The highest BCUT2D eigenvalue weighted by Crippen LogP contribution is 2.28. The number of rotatable bonds is 8. The zero-order valence-corrected chi connectivity index (χ0v) is 15.5. The van der Waals surface area contributed by atoms with E-state index < -0.39 is 5.97 Å². The predicted octanol–water partition coefficient (Wildman–Crippen LogP) is 4.59. The Balaban J connectivity index is 1.66. The number of carboxylic acid groups (broad SMARTS) is 1. The maximum atomic E-state index is 11.1. The van der Waals surface area contributed by atoms with Crippen LogP contribution >= 0.6 is 0 Å². The van der Waals surface area contributed by atoms with Crippen LogP contribution in [0.3, 0.4) is 0 Å². The van der Waals surface area contributed by atoms with E-state index in [1.807, 2.05) is 54.6 Å². The molecule has 0 fully saturated rings. The molecule has 0 atom stereocenters. The second kappa shape index (κ2) is 9.37. The van der Waals surface area contributed by atoms with Gasteiger partial charge < -0.3 is 14.6 Å². The molecule has 1 N–H and O–H groups in total. The molecule has 142 valence electrons. The third-order valence-electron chi connectivity index (χ3n) is 4.11. The summed E-state index contributed by atoms with van der Waals surface area (Å²) in [5.41, 5.74) is 3.07. The Labute approximate surface area is 163 Å². The van der Waals surface area contributed by atoms with Crippen LogP contribution in [0, 0.1) is 0 Å². The van der Waals surface area contributed by atoms with E-state index in [2.05, 4.69) is 4.99 Å².